The van der Waals surface area contributed by atoms with Crippen LogP contribution in [0.1, 0.15) is 28.7 Å². The number of aryl methyl sites for hydroxylation is 1. The Morgan fingerprint density at radius 1 is 1.42 bits per heavy atom. The van der Waals surface area contributed by atoms with Crippen LogP contribution in [0.25, 0.3) is 0 Å². The fraction of sp³-hybridized carbons (Fsp3) is 0.636. The van der Waals surface area contributed by atoms with Crippen LogP contribution >= 0.6 is 11.3 Å². The zero-order chi connectivity index (χ0) is 14.0. The number of aromatic nitrogens is 1. The van der Waals surface area contributed by atoms with Gasteiger partial charge in [-0.25, -0.2) is 18.2 Å². The van der Waals surface area contributed by atoms with Crippen molar-refractivity contribution in [1.29, 1.82) is 0 Å². The molecule has 0 aromatic carbocycles. The Morgan fingerprint density at radius 2 is 2.05 bits per heavy atom. The van der Waals surface area contributed by atoms with Crippen molar-refractivity contribution >= 4 is 32.3 Å². The molecule has 6 nitrogen and oxygen atoms in total. The molecule has 0 bridgehead atoms. The lowest BCUT2D eigenvalue weighted by atomic mass is 10.2. The number of rotatable bonds is 4. The van der Waals surface area contributed by atoms with Gasteiger partial charge in [0.15, 0.2) is 15.0 Å². The molecule has 0 aliphatic carbocycles. The lowest BCUT2D eigenvalue weighted by molar-refractivity contribution is 0.0700. The molecular weight excluding hydrogens is 288 g/mol. The molecule has 106 valence electrons. The van der Waals surface area contributed by atoms with E-state index in [0.717, 1.165) is 17.8 Å². The van der Waals surface area contributed by atoms with Crippen LogP contribution in [0.4, 0.5) is 5.13 Å². The molecule has 8 heteroatoms. The number of anilines is 1. The molecule has 1 aliphatic rings. The second kappa shape index (κ2) is 5.46. The zero-order valence-electron chi connectivity index (χ0n) is 10.6. The molecule has 19 heavy (non-hydrogen) atoms. The molecule has 0 spiro atoms. The predicted octanol–water partition coefficient (Wildman–Crippen LogP) is 1.03. The van der Waals surface area contributed by atoms with E-state index in [1.165, 1.54) is 0 Å². The minimum absolute atomic E-state index is 0.109. The quantitative estimate of drug-likeness (QED) is 0.894. The van der Waals surface area contributed by atoms with E-state index >= 15 is 0 Å². The highest BCUT2D eigenvalue weighted by atomic mass is 32.2. The standard InChI is InChI=1S/C11H16N2O4S2/c1-2-3-8-9(10(14)15)18-11(12-8)13-4-6-19(16,17)7-5-13/h2-7H2,1H3,(H,14,15). The van der Waals surface area contributed by atoms with Crippen molar-refractivity contribution in [2.24, 2.45) is 0 Å². The van der Waals surface area contributed by atoms with Crippen molar-refractivity contribution in [3.8, 4) is 0 Å². The fourth-order valence-electron chi connectivity index (χ4n) is 1.95. The Bertz CT molecular complexity index is 566. The summed E-state index contributed by atoms with van der Waals surface area (Å²) in [5.74, 6) is -0.743. The van der Waals surface area contributed by atoms with Gasteiger partial charge >= 0.3 is 5.97 Å². The van der Waals surface area contributed by atoms with Crippen LogP contribution in [0, 0.1) is 0 Å². The highest BCUT2D eigenvalue weighted by Crippen LogP contribution is 2.28. The smallest absolute Gasteiger partial charge is 0.347 e. The third-order valence-electron chi connectivity index (χ3n) is 2.98. The monoisotopic (exact) mass is 304 g/mol. The van der Waals surface area contributed by atoms with Crippen molar-refractivity contribution in [2.45, 2.75) is 19.8 Å². The van der Waals surface area contributed by atoms with E-state index in [1.807, 2.05) is 11.8 Å². The molecule has 0 atom stereocenters. The van der Waals surface area contributed by atoms with Crippen molar-refractivity contribution in [3.63, 3.8) is 0 Å². The van der Waals surface area contributed by atoms with Crippen LogP contribution in [0.5, 0.6) is 0 Å². The third kappa shape index (κ3) is 3.24. The highest BCUT2D eigenvalue weighted by molar-refractivity contribution is 7.91. The fourth-order valence-corrected chi connectivity index (χ4v) is 4.16. The first-order valence-corrected chi connectivity index (χ1v) is 8.75. The van der Waals surface area contributed by atoms with Gasteiger partial charge < -0.3 is 10.0 Å². The number of carboxylic acid groups (broad SMARTS) is 1. The van der Waals surface area contributed by atoms with Gasteiger partial charge in [-0.1, -0.05) is 24.7 Å². The van der Waals surface area contributed by atoms with Gasteiger partial charge in [-0.3, -0.25) is 0 Å². The molecule has 1 fully saturated rings. The molecule has 0 saturated carbocycles. The summed E-state index contributed by atoms with van der Waals surface area (Å²) in [6, 6.07) is 0. The van der Waals surface area contributed by atoms with Crippen molar-refractivity contribution < 1.29 is 18.3 Å². The lowest BCUT2D eigenvalue weighted by Gasteiger charge is -2.25. The average molecular weight is 304 g/mol. The first-order valence-electron chi connectivity index (χ1n) is 6.11. The number of thiazole rings is 1. The van der Waals surface area contributed by atoms with E-state index in [9.17, 15) is 13.2 Å². The maximum absolute atomic E-state index is 11.4. The van der Waals surface area contributed by atoms with Crippen molar-refractivity contribution in [2.75, 3.05) is 29.5 Å². The number of hydrogen-bond acceptors (Lipinski definition) is 6. The summed E-state index contributed by atoms with van der Waals surface area (Å²) >= 11 is 1.13. The molecule has 2 heterocycles. The Balaban J connectivity index is 2.21. The summed E-state index contributed by atoms with van der Waals surface area (Å²) in [6.45, 7) is 2.75. The summed E-state index contributed by atoms with van der Waals surface area (Å²) in [5.41, 5.74) is 0.600. The highest BCUT2D eigenvalue weighted by Gasteiger charge is 2.26. The minimum atomic E-state index is -2.93. The molecule has 1 saturated heterocycles. The molecule has 0 radical (unpaired) electrons. The molecule has 1 N–H and O–H groups in total. The second-order valence-electron chi connectivity index (χ2n) is 4.47. The Labute approximate surface area is 116 Å². The number of carbonyl (C=O) groups is 1. The topological polar surface area (TPSA) is 87.6 Å². The van der Waals surface area contributed by atoms with Gasteiger partial charge in [0.1, 0.15) is 4.88 Å². The van der Waals surface area contributed by atoms with Gasteiger partial charge in [0.05, 0.1) is 17.2 Å². The number of aromatic carboxylic acids is 1. The van der Waals surface area contributed by atoms with E-state index in [4.69, 9.17) is 5.11 Å². The first-order chi connectivity index (χ1) is 8.93. The van der Waals surface area contributed by atoms with Crippen molar-refractivity contribution in [3.05, 3.63) is 10.6 Å². The molecule has 0 amide bonds. The Kier molecular flexibility index (Phi) is 4.10. The molecule has 2 rings (SSSR count). The lowest BCUT2D eigenvalue weighted by Crippen LogP contribution is -2.40. The van der Waals surface area contributed by atoms with Crippen LogP contribution in [0.2, 0.25) is 0 Å². The van der Waals surface area contributed by atoms with E-state index in [2.05, 4.69) is 4.98 Å². The number of nitrogens with zero attached hydrogens (tertiary/aromatic N) is 2. The summed E-state index contributed by atoms with van der Waals surface area (Å²) in [7, 11) is -2.93. The summed E-state index contributed by atoms with van der Waals surface area (Å²) in [6.07, 6.45) is 1.46. The zero-order valence-corrected chi connectivity index (χ0v) is 12.3. The maximum Gasteiger partial charge on any atom is 0.347 e. The molecule has 1 aromatic heterocycles. The van der Waals surface area contributed by atoms with Crippen LogP contribution in [-0.2, 0) is 16.3 Å². The first kappa shape index (κ1) is 14.3. The summed E-state index contributed by atoms with van der Waals surface area (Å²) < 4.78 is 22.7. The van der Waals surface area contributed by atoms with E-state index in [1.54, 1.807) is 0 Å². The predicted molar refractivity (Wildman–Crippen MR) is 73.9 cm³/mol. The SMILES string of the molecule is CCCc1nc(N2CCS(=O)(=O)CC2)sc1C(=O)O. The van der Waals surface area contributed by atoms with Crippen LogP contribution < -0.4 is 4.90 Å². The normalized spacial score (nSPS) is 18.5. The molecular formula is C11H16N2O4S2. The van der Waals surface area contributed by atoms with Gasteiger partial charge in [-0.05, 0) is 6.42 Å². The number of sulfone groups is 1. The molecule has 1 aliphatic heterocycles. The Morgan fingerprint density at radius 3 is 2.58 bits per heavy atom. The van der Waals surface area contributed by atoms with Gasteiger partial charge in [-0.15, -0.1) is 0 Å². The van der Waals surface area contributed by atoms with Gasteiger partial charge in [0.2, 0.25) is 0 Å². The maximum atomic E-state index is 11.4. The number of carboxylic acids is 1. The largest absolute Gasteiger partial charge is 0.477 e. The van der Waals surface area contributed by atoms with E-state index in [-0.39, 0.29) is 16.4 Å². The average Bonchev–Trinajstić information content (AvgIpc) is 2.73. The van der Waals surface area contributed by atoms with Gasteiger partial charge in [0.25, 0.3) is 0 Å². The van der Waals surface area contributed by atoms with Crippen LogP contribution in [-0.4, -0.2) is 49.1 Å². The molecule has 1 aromatic rings. The van der Waals surface area contributed by atoms with E-state index in [0.29, 0.717) is 30.3 Å². The Hall–Kier alpha value is -1.15. The van der Waals surface area contributed by atoms with E-state index < -0.39 is 15.8 Å². The van der Waals surface area contributed by atoms with Gasteiger partial charge in [0, 0.05) is 13.1 Å². The third-order valence-corrected chi connectivity index (χ3v) is 5.74. The molecule has 0 unspecified atom stereocenters. The van der Waals surface area contributed by atoms with Gasteiger partial charge in [-0.2, -0.15) is 0 Å². The number of hydrogen-bond donors (Lipinski definition) is 1. The van der Waals surface area contributed by atoms with Crippen LogP contribution in [0.3, 0.4) is 0 Å². The van der Waals surface area contributed by atoms with Crippen molar-refractivity contribution in [1.82, 2.24) is 4.98 Å². The minimum Gasteiger partial charge on any atom is -0.477 e. The van der Waals surface area contributed by atoms with Crippen LogP contribution in [0.15, 0.2) is 0 Å². The second-order valence-corrected chi connectivity index (χ2v) is 7.75. The summed E-state index contributed by atoms with van der Waals surface area (Å²) in [4.78, 5) is 17.6. The summed E-state index contributed by atoms with van der Waals surface area (Å²) in [5, 5.41) is 9.76.